The molecule has 1 N–H and O–H groups in total. The van der Waals surface area contributed by atoms with E-state index in [4.69, 9.17) is 11.6 Å². The average Bonchev–Trinajstić information content (AvgIpc) is 2.91. The first-order chi connectivity index (χ1) is 17.8. The number of hydrogen-bond donors (Lipinski definition) is 1. The van der Waals surface area contributed by atoms with Gasteiger partial charge in [0, 0.05) is 36.7 Å². The number of benzene rings is 3. The first kappa shape index (κ1) is 23.2. The van der Waals surface area contributed by atoms with Crippen molar-refractivity contribution >= 4 is 56.5 Å². The molecule has 1 atom stereocenters. The molecule has 186 valence electrons. The molecule has 0 aliphatic carbocycles. The molecule has 3 aromatic carbocycles. The minimum absolute atomic E-state index is 0.0640. The number of halogens is 2. The monoisotopic (exact) mass is 516 g/mol. The fraction of sp³-hybridized carbons (Fsp3) is 0.179. The van der Waals surface area contributed by atoms with Crippen LogP contribution in [0.5, 0.6) is 5.75 Å². The van der Waals surface area contributed by atoms with Crippen molar-refractivity contribution in [3.8, 4) is 16.9 Å². The largest absolute Gasteiger partial charge is 0.507 e. The topological polar surface area (TPSA) is 77.0 Å². The number of aromatic hydroxyl groups is 1. The van der Waals surface area contributed by atoms with Gasteiger partial charge in [-0.05, 0) is 29.0 Å². The summed E-state index contributed by atoms with van der Waals surface area (Å²) in [5, 5.41) is 12.8. The minimum atomic E-state index is -0.659. The van der Waals surface area contributed by atoms with Crippen molar-refractivity contribution in [1.29, 1.82) is 0 Å². The molecule has 9 heteroatoms. The van der Waals surface area contributed by atoms with E-state index in [-0.39, 0.29) is 40.2 Å². The number of hydrogen-bond acceptors (Lipinski definition) is 5. The van der Waals surface area contributed by atoms with Gasteiger partial charge in [-0.25, -0.2) is 4.39 Å². The third-order valence-electron chi connectivity index (χ3n) is 7.29. The second-order valence-corrected chi connectivity index (χ2v) is 9.62. The molecule has 6 rings (SSSR count). The number of amides is 2. The predicted molar refractivity (Wildman–Crippen MR) is 143 cm³/mol. The Bertz CT molecular complexity index is 1660. The highest BCUT2D eigenvalue weighted by molar-refractivity contribution is 6.35. The Morgan fingerprint density at radius 1 is 1.19 bits per heavy atom. The third-order valence-corrected chi connectivity index (χ3v) is 7.59. The van der Waals surface area contributed by atoms with E-state index in [1.54, 1.807) is 30.1 Å². The number of anilines is 2. The van der Waals surface area contributed by atoms with Gasteiger partial charge in [0.15, 0.2) is 5.82 Å². The van der Waals surface area contributed by atoms with Crippen LogP contribution in [-0.4, -0.2) is 59.5 Å². The van der Waals surface area contributed by atoms with Crippen molar-refractivity contribution < 1.29 is 19.1 Å². The van der Waals surface area contributed by atoms with Crippen LogP contribution in [0.2, 0.25) is 5.02 Å². The number of aromatic nitrogens is 1. The van der Waals surface area contributed by atoms with E-state index in [1.807, 2.05) is 23.1 Å². The number of carbonyl (C=O) groups is 2. The summed E-state index contributed by atoms with van der Waals surface area (Å²) >= 11 is 6.74. The normalized spacial score (nSPS) is 17.2. The Morgan fingerprint density at radius 3 is 2.76 bits per heavy atom. The number of piperazine rings is 1. The zero-order valence-electron chi connectivity index (χ0n) is 19.9. The van der Waals surface area contributed by atoms with E-state index < -0.39 is 11.9 Å². The molecule has 2 amide bonds. The summed E-state index contributed by atoms with van der Waals surface area (Å²) in [5.41, 5.74) is 1.61. The van der Waals surface area contributed by atoms with Crippen LogP contribution in [0.1, 0.15) is 0 Å². The van der Waals surface area contributed by atoms with Gasteiger partial charge in [-0.2, -0.15) is 0 Å². The van der Waals surface area contributed by atoms with E-state index in [0.717, 1.165) is 5.39 Å². The number of nitrogens with zero attached hydrogens (tertiary/aromatic N) is 4. The lowest BCUT2D eigenvalue weighted by atomic mass is 9.94. The van der Waals surface area contributed by atoms with Crippen LogP contribution in [0, 0.1) is 5.82 Å². The van der Waals surface area contributed by atoms with Gasteiger partial charge in [-0.1, -0.05) is 48.5 Å². The fourth-order valence-corrected chi connectivity index (χ4v) is 5.76. The molecule has 4 aromatic rings. The second-order valence-electron chi connectivity index (χ2n) is 9.21. The van der Waals surface area contributed by atoms with Crippen LogP contribution >= 0.6 is 11.6 Å². The smallest absolute Gasteiger partial charge is 0.251 e. The lowest BCUT2D eigenvalue weighted by molar-refractivity contribution is -0.128. The zero-order valence-corrected chi connectivity index (χ0v) is 20.7. The van der Waals surface area contributed by atoms with E-state index in [2.05, 4.69) is 11.6 Å². The maximum absolute atomic E-state index is 16.3. The van der Waals surface area contributed by atoms with Crippen LogP contribution in [0.15, 0.2) is 61.3 Å². The van der Waals surface area contributed by atoms with Gasteiger partial charge in [-0.3, -0.25) is 14.6 Å². The average molecular weight is 517 g/mol. The first-order valence-corrected chi connectivity index (χ1v) is 12.2. The Kier molecular flexibility index (Phi) is 5.31. The molecule has 0 radical (unpaired) electrons. The summed E-state index contributed by atoms with van der Waals surface area (Å²) in [7, 11) is 1.64. The van der Waals surface area contributed by atoms with Gasteiger partial charge in [0.1, 0.15) is 17.3 Å². The Labute approximate surface area is 217 Å². The zero-order chi connectivity index (χ0) is 26.0. The highest BCUT2D eigenvalue weighted by Crippen LogP contribution is 2.47. The molecule has 37 heavy (non-hydrogen) atoms. The summed E-state index contributed by atoms with van der Waals surface area (Å²) in [6.45, 7) is 4.50. The van der Waals surface area contributed by atoms with E-state index >= 15 is 4.39 Å². The molecule has 1 fully saturated rings. The number of pyridine rings is 1. The standard InChI is InChI=1S/C28H22ClFN4O3/c1-3-22(36)33-10-11-34-20(14-33)28(37)32(2)19-13-31-26-17(27(19)34)12-18(29)24(25(26)30)23-16-7-5-4-6-15(16)8-9-21(23)35/h3-9,12-13,20,35H,1,10-11,14H2,2H3/t20-/m1/s1. The van der Waals surface area contributed by atoms with Crippen LogP contribution in [0.4, 0.5) is 15.8 Å². The third kappa shape index (κ3) is 3.36. The molecule has 1 aromatic heterocycles. The van der Waals surface area contributed by atoms with Gasteiger partial charge < -0.3 is 19.8 Å². The van der Waals surface area contributed by atoms with Crippen molar-refractivity contribution in [2.75, 3.05) is 36.5 Å². The number of phenolic OH excluding ortho intramolecular Hbond substituents is 1. The molecule has 0 bridgehead atoms. The molecule has 2 aliphatic heterocycles. The molecule has 7 nitrogen and oxygen atoms in total. The van der Waals surface area contributed by atoms with Crippen LogP contribution in [-0.2, 0) is 9.59 Å². The molecule has 1 saturated heterocycles. The SMILES string of the molecule is C=CC(=O)N1CCN2c3c(cnc4c(F)c(-c5c(O)ccc6ccccc56)c(Cl)cc34)N(C)C(=O)[C@H]2C1. The molecule has 0 spiro atoms. The van der Waals surface area contributed by atoms with E-state index in [1.165, 1.54) is 23.2 Å². The summed E-state index contributed by atoms with van der Waals surface area (Å²) in [4.78, 5) is 34.8. The fourth-order valence-electron chi connectivity index (χ4n) is 5.47. The summed E-state index contributed by atoms with van der Waals surface area (Å²) in [6.07, 6.45) is 2.72. The molecular formula is C28H22ClFN4O3. The summed E-state index contributed by atoms with van der Waals surface area (Å²) in [5.74, 6) is -1.17. The summed E-state index contributed by atoms with van der Waals surface area (Å²) < 4.78 is 16.3. The van der Waals surface area contributed by atoms with Gasteiger partial charge in [0.05, 0.1) is 29.1 Å². The van der Waals surface area contributed by atoms with Crippen LogP contribution in [0.25, 0.3) is 32.8 Å². The molecule has 3 heterocycles. The number of rotatable bonds is 2. The van der Waals surface area contributed by atoms with Gasteiger partial charge in [0.25, 0.3) is 5.91 Å². The quantitative estimate of drug-likeness (QED) is 0.390. The van der Waals surface area contributed by atoms with Crippen molar-refractivity contribution in [1.82, 2.24) is 9.88 Å². The molecule has 2 aliphatic rings. The Hall–Kier alpha value is -4.17. The van der Waals surface area contributed by atoms with Crippen molar-refractivity contribution in [3.05, 3.63) is 72.2 Å². The van der Waals surface area contributed by atoms with Gasteiger partial charge in [-0.15, -0.1) is 0 Å². The predicted octanol–water partition coefficient (Wildman–Crippen LogP) is 4.73. The van der Waals surface area contributed by atoms with E-state index in [9.17, 15) is 14.7 Å². The lowest BCUT2D eigenvalue weighted by Crippen LogP contribution is -2.62. The maximum atomic E-state index is 16.3. The Balaban J connectivity index is 1.57. The van der Waals surface area contributed by atoms with Crippen molar-refractivity contribution in [2.24, 2.45) is 0 Å². The lowest BCUT2D eigenvalue weighted by Gasteiger charge is -2.47. The maximum Gasteiger partial charge on any atom is 0.251 e. The summed E-state index contributed by atoms with van der Waals surface area (Å²) in [6, 6.07) is 11.7. The number of carbonyl (C=O) groups excluding carboxylic acids is 2. The highest BCUT2D eigenvalue weighted by atomic mass is 35.5. The first-order valence-electron chi connectivity index (χ1n) is 11.8. The van der Waals surface area contributed by atoms with Gasteiger partial charge >= 0.3 is 0 Å². The minimum Gasteiger partial charge on any atom is -0.507 e. The molecule has 0 saturated carbocycles. The number of phenols is 1. The second kappa shape index (κ2) is 8.45. The molecule has 0 unspecified atom stereocenters. The highest BCUT2D eigenvalue weighted by Gasteiger charge is 2.42. The van der Waals surface area contributed by atoms with E-state index in [0.29, 0.717) is 40.8 Å². The van der Waals surface area contributed by atoms with Crippen molar-refractivity contribution in [2.45, 2.75) is 6.04 Å². The Morgan fingerprint density at radius 2 is 1.97 bits per heavy atom. The van der Waals surface area contributed by atoms with Crippen LogP contribution in [0.3, 0.4) is 0 Å². The van der Waals surface area contributed by atoms with Gasteiger partial charge in [0.2, 0.25) is 5.91 Å². The molecular weight excluding hydrogens is 495 g/mol. The van der Waals surface area contributed by atoms with Crippen molar-refractivity contribution in [3.63, 3.8) is 0 Å². The number of likely N-dealkylation sites (N-methyl/N-ethyl adjacent to an activating group) is 1. The van der Waals surface area contributed by atoms with Crippen LogP contribution < -0.4 is 9.80 Å². The number of fused-ring (bicyclic) bond motifs is 6.